The van der Waals surface area contributed by atoms with Crippen molar-refractivity contribution in [3.8, 4) is 17.2 Å². The van der Waals surface area contributed by atoms with E-state index in [0.717, 1.165) is 50.0 Å². The Labute approximate surface area is 186 Å². The lowest BCUT2D eigenvalue weighted by molar-refractivity contribution is 0.126. The molecule has 0 saturated carbocycles. The minimum atomic E-state index is 0.742. The molecule has 1 heterocycles. The van der Waals surface area contributed by atoms with E-state index in [-0.39, 0.29) is 0 Å². The number of ether oxygens (including phenoxy) is 2. The lowest BCUT2D eigenvalue weighted by Gasteiger charge is -2.34. The smallest absolute Gasteiger partial charge is 0.169 e. The molecule has 162 valence electrons. The van der Waals surface area contributed by atoms with Gasteiger partial charge < -0.3 is 14.4 Å². The summed E-state index contributed by atoms with van der Waals surface area (Å²) in [4.78, 5) is 5.14. The second-order valence-corrected chi connectivity index (χ2v) is 8.11. The third kappa shape index (κ3) is 6.33. The van der Waals surface area contributed by atoms with Crippen molar-refractivity contribution in [2.24, 2.45) is 0 Å². The summed E-state index contributed by atoms with van der Waals surface area (Å²) in [7, 11) is 1.67. The second-order valence-electron chi connectivity index (χ2n) is 8.11. The Morgan fingerprint density at radius 2 is 1.39 bits per heavy atom. The van der Waals surface area contributed by atoms with Crippen molar-refractivity contribution in [1.29, 1.82) is 0 Å². The molecule has 0 aromatic heterocycles. The van der Waals surface area contributed by atoms with Crippen LogP contribution < -0.4 is 9.47 Å². The first-order valence-electron chi connectivity index (χ1n) is 11.2. The largest absolute Gasteiger partial charge is 0.493 e. The predicted molar refractivity (Wildman–Crippen MR) is 126 cm³/mol. The molecule has 1 fully saturated rings. The highest BCUT2D eigenvalue weighted by Crippen LogP contribution is 2.31. The van der Waals surface area contributed by atoms with Gasteiger partial charge in [0.1, 0.15) is 5.75 Å². The third-order valence-corrected chi connectivity index (χ3v) is 5.85. The van der Waals surface area contributed by atoms with Gasteiger partial charge in [-0.05, 0) is 54.8 Å². The monoisotopic (exact) mass is 416 g/mol. The van der Waals surface area contributed by atoms with E-state index in [4.69, 9.17) is 9.47 Å². The van der Waals surface area contributed by atoms with Crippen LogP contribution in [0, 0.1) is 0 Å². The normalized spacial score (nSPS) is 15.0. The summed E-state index contributed by atoms with van der Waals surface area (Å²) < 4.78 is 11.5. The van der Waals surface area contributed by atoms with Crippen LogP contribution in [0.5, 0.6) is 17.2 Å². The predicted octanol–water partition coefficient (Wildman–Crippen LogP) is 5.24. The Bertz CT molecular complexity index is 937. The molecule has 4 rings (SSSR count). The highest BCUT2D eigenvalue weighted by atomic mass is 16.5. The first kappa shape index (κ1) is 21.4. The number of rotatable bonds is 9. The average molecular weight is 417 g/mol. The van der Waals surface area contributed by atoms with E-state index >= 15 is 0 Å². The van der Waals surface area contributed by atoms with Crippen molar-refractivity contribution >= 4 is 0 Å². The third-order valence-electron chi connectivity index (χ3n) is 5.85. The summed E-state index contributed by atoms with van der Waals surface area (Å²) in [6.07, 6.45) is 2.40. The zero-order chi connectivity index (χ0) is 21.3. The van der Waals surface area contributed by atoms with Crippen molar-refractivity contribution < 1.29 is 9.47 Å². The van der Waals surface area contributed by atoms with Crippen molar-refractivity contribution in [1.82, 2.24) is 9.80 Å². The van der Waals surface area contributed by atoms with Crippen molar-refractivity contribution in [2.45, 2.75) is 19.4 Å². The van der Waals surface area contributed by atoms with Gasteiger partial charge in [-0.2, -0.15) is 0 Å². The van der Waals surface area contributed by atoms with Crippen LogP contribution in [0.4, 0.5) is 0 Å². The first-order chi connectivity index (χ1) is 15.3. The summed E-state index contributed by atoms with van der Waals surface area (Å²) in [6.45, 7) is 6.66. The Morgan fingerprint density at radius 1 is 0.710 bits per heavy atom. The molecular weight excluding hydrogens is 384 g/mol. The molecule has 0 bridgehead atoms. The van der Waals surface area contributed by atoms with Crippen molar-refractivity contribution in [3.63, 3.8) is 0 Å². The van der Waals surface area contributed by atoms with E-state index in [2.05, 4.69) is 58.3 Å². The fraction of sp³-hybridized carbons (Fsp3) is 0.333. The molecule has 0 N–H and O–H groups in total. The number of hydrogen-bond donors (Lipinski definition) is 0. The van der Waals surface area contributed by atoms with Gasteiger partial charge in [-0.1, -0.05) is 54.6 Å². The molecule has 0 spiro atoms. The van der Waals surface area contributed by atoms with Crippen LogP contribution in [0.15, 0.2) is 78.9 Å². The number of aryl methyl sites for hydroxylation is 1. The standard InChI is InChI=1S/C27H32N2O2/c1-30-26-14-5-6-15-27(26)31-25-13-7-11-24(21-25)22-29-19-17-28(18-20-29)16-8-12-23-9-3-2-4-10-23/h2-7,9-11,13-15,21H,8,12,16-20,22H2,1H3. The van der Waals surface area contributed by atoms with Crippen LogP contribution in [0.2, 0.25) is 0 Å². The number of methoxy groups -OCH3 is 1. The lowest BCUT2D eigenvalue weighted by Crippen LogP contribution is -2.46. The number of piperazine rings is 1. The number of hydrogen-bond acceptors (Lipinski definition) is 4. The van der Waals surface area contributed by atoms with E-state index in [1.165, 1.54) is 30.5 Å². The van der Waals surface area contributed by atoms with Gasteiger partial charge in [-0.25, -0.2) is 0 Å². The molecule has 31 heavy (non-hydrogen) atoms. The van der Waals surface area contributed by atoms with Gasteiger partial charge in [0.25, 0.3) is 0 Å². The zero-order valence-corrected chi connectivity index (χ0v) is 18.4. The molecule has 0 amide bonds. The number of benzene rings is 3. The molecule has 0 radical (unpaired) electrons. The van der Waals surface area contributed by atoms with Crippen LogP contribution >= 0.6 is 0 Å². The SMILES string of the molecule is COc1ccccc1Oc1cccc(CN2CCN(CCCc3ccccc3)CC2)c1. The van der Waals surface area contributed by atoms with Crippen LogP contribution in [0.3, 0.4) is 0 Å². The Kier molecular flexibility index (Phi) is 7.59. The van der Waals surface area contributed by atoms with E-state index in [1.807, 2.05) is 30.3 Å². The van der Waals surface area contributed by atoms with Gasteiger partial charge in [0.15, 0.2) is 11.5 Å². The fourth-order valence-corrected chi connectivity index (χ4v) is 4.12. The Hall–Kier alpha value is -2.82. The quantitative estimate of drug-likeness (QED) is 0.476. The Balaban J connectivity index is 1.24. The first-order valence-corrected chi connectivity index (χ1v) is 11.2. The molecule has 1 aliphatic rings. The van der Waals surface area contributed by atoms with Gasteiger partial charge >= 0.3 is 0 Å². The summed E-state index contributed by atoms with van der Waals surface area (Å²) >= 11 is 0. The van der Waals surface area contributed by atoms with Crippen LogP contribution in [0.25, 0.3) is 0 Å². The van der Waals surface area contributed by atoms with E-state index < -0.39 is 0 Å². The van der Waals surface area contributed by atoms with Gasteiger partial charge in [0.05, 0.1) is 7.11 Å². The van der Waals surface area contributed by atoms with E-state index in [1.54, 1.807) is 7.11 Å². The summed E-state index contributed by atoms with van der Waals surface area (Å²) in [5.74, 6) is 2.34. The zero-order valence-electron chi connectivity index (χ0n) is 18.4. The van der Waals surface area contributed by atoms with Crippen LogP contribution in [0.1, 0.15) is 17.5 Å². The minimum absolute atomic E-state index is 0.742. The molecule has 4 heteroatoms. The number of nitrogens with zero attached hydrogens (tertiary/aromatic N) is 2. The maximum Gasteiger partial charge on any atom is 0.169 e. The molecule has 4 nitrogen and oxygen atoms in total. The molecular formula is C27H32N2O2. The Morgan fingerprint density at radius 3 is 2.16 bits per heavy atom. The van der Waals surface area contributed by atoms with Gasteiger partial charge in [-0.3, -0.25) is 4.90 Å². The van der Waals surface area contributed by atoms with Gasteiger partial charge in [-0.15, -0.1) is 0 Å². The van der Waals surface area contributed by atoms with Crippen molar-refractivity contribution in [2.75, 3.05) is 39.8 Å². The van der Waals surface area contributed by atoms with Gasteiger partial charge in [0, 0.05) is 32.7 Å². The molecule has 1 saturated heterocycles. The van der Waals surface area contributed by atoms with Crippen LogP contribution in [-0.4, -0.2) is 49.6 Å². The maximum atomic E-state index is 6.08. The minimum Gasteiger partial charge on any atom is -0.493 e. The fourth-order valence-electron chi connectivity index (χ4n) is 4.12. The molecule has 3 aromatic rings. The molecule has 0 unspecified atom stereocenters. The topological polar surface area (TPSA) is 24.9 Å². The lowest BCUT2D eigenvalue weighted by atomic mass is 10.1. The second kappa shape index (κ2) is 11.0. The maximum absolute atomic E-state index is 6.08. The molecule has 0 atom stereocenters. The summed E-state index contributed by atoms with van der Waals surface area (Å²) in [5, 5.41) is 0. The van der Waals surface area contributed by atoms with Crippen LogP contribution in [-0.2, 0) is 13.0 Å². The molecule has 1 aliphatic heterocycles. The van der Waals surface area contributed by atoms with E-state index in [9.17, 15) is 0 Å². The summed E-state index contributed by atoms with van der Waals surface area (Å²) in [6, 6.07) is 26.9. The molecule has 3 aromatic carbocycles. The average Bonchev–Trinajstić information content (AvgIpc) is 2.82. The van der Waals surface area contributed by atoms with Gasteiger partial charge in [0.2, 0.25) is 0 Å². The number of para-hydroxylation sites is 2. The highest BCUT2D eigenvalue weighted by molar-refractivity contribution is 5.43. The highest BCUT2D eigenvalue weighted by Gasteiger charge is 2.17. The van der Waals surface area contributed by atoms with E-state index in [0.29, 0.717) is 0 Å². The molecule has 0 aliphatic carbocycles. The van der Waals surface area contributed by atoms with Crippen molar-refractivity contribution in [3.05, 3.63) is 90.0 Å². The summed E-state index contributed by atoms with van der Waals surface area (Å²) in [5.41, 5.74) is 2.72.